The summed E-state index contributed by atoms with van der Waals surface area (Å²) < 4.78 is 33.2. The summed E-state index contributed by atoms with van der Waals surface area (Å²) in [6.07, 6.45) is -0.520. The Morgan fingerprint density at radius 3 is 1.75 bits per heavy atom. The first kappa shape index (κ1) is 26.3. The largest absolute Gasteiger partial charge is 0.369 e. The van der Waals surface area contributed by atoms with Gasteiger partial charge in [-0.15, -0.1) is 0 Å². The highest BCUT2D eigenvalue weighted by atomic mass is 16.5. The summed E-state index contributed by atoms with van der Waals surface area (Å²) in [5, 5.41) is 0. The molecule has 2 rings (SSSR count). The van der Waals surface area contributed by atoms with Crippen molar-refractivity contribution >= 4 is 11.8 Å². The monoisotopic (exact) mass is 454 g/mol. The van der Waals surface area contributed by atoms with E-state index in [9.17, 15) is 0 Å². The number of guanidine groups is 1. The first-order chi connectivity index (χ1) is 15.6. The molecule has 0 fully saturated rings. The van der Waals surface area contributed by atoms with Crippen LogP contribution in [0.5, 0.6) is 0 Å². The number of methoxy groups -OCH3 is 6. The van der Waals surface area contributed by atoms with Crippen molar-refractivity contribution in [2.75, 3.05) is 83.0 Å². The lowest BCUT2D eigenvalue weighted by Crippen LogP contribution is -2.68. The van der Waals surface area contributed by atoms with Gasteiger partial charge in [0.05, 0.1) is 5.56 Å². The number of amidine groups is 1. The minimum Gasteiger partial charge on any atom is -0.369 e. The predicted octanol–water partition coefficient (Wildman–Crippen LogP) is 1.13. The molecule has 1 aromatic rings. The van der Waals surface area contributed by atoms with Gasteiger partial charge in [0.1, 0.15) is 26.9 Å². The van der Waals surface area contributed by atoms with Gasteiger partial charge < -0.3 is 28.4 Å². The molecule has 1 aromatic carbocycles. The van der Waals surface area contributed by atoms with Crippen LogP contribution < -0.4 is 0 Å². The molecule has 32 heavy (non-hydrogen) atoms. The second-order valence-electron chi connectivity index (χ2n) is 7.25. The Bertz CT molecular complexity index is 715. The summed E-state index contributed by atoms with van der Waals surface area (Å²) in [4.78, 5) is 13.7. The lowest BCUT2D eigenvalue weighted by atomic mass is 10.1. The molecule has 0 spiro atoms. The molecule has 0 bridgehead atoms. The highest BCUT2D eigenvalue weighted by Gasteiger charge is 2.50. The quantitative estimate of drug-likeness (QED) is 0.306. The molecule has 11 nitrogen and oxygen atoms in total. The third-order valence-electron chi connectivity index (χ3n) is 4.82. The van der Waals surface area contributed by atoms with E-state index >= 15 is 0 Å². The second-order valence-corrected chi connectivity index (χ2v) is 7.25. The SMILES string of the molecule is COCN(COC)C1=NC(N(COC)COC)[N+](COC)(COC)C(c2ccccc2)=N1. The van der Waals surface area contributed by atoms with Crippen LogP contribution in [0.3, 0.4) is 0 Å². The Labute approximate surface area is 190 Å². The van der Waals surface area contributed by atoms with Gasteiger partial charge in [-0.3, -0.25) is 4.90 Å². The van der Waals surface area contributed by atoms with E-state index in [0.29, 0.717) is 5.96 Å². The summed E-state index contributed by atoms with van der Waals surface area (Å²) in [6, 6.07) is 9.91. The van der Waals surface area contributed by atoms with Crippen molar-refractivity contribution in [1.29, 1.82) is 0 Å². The van der Waals surface area contributed by atoms with Crippen LogP contribution in [-0.2, 0) is 28.4 Å². The van der Waals surface area contributed by atoms with Gasteiger partial charge in [0.15, 0.2) is 13.5 Å². The Morgan fingerprint density at radius 2 is 1.28 bits per heavy atom. The van der Waals surface area contributed by atoms with E-state index in [-0.39, 0.29) is 44.9 Å². The molecule has 0 aliphatic carbocycles. The Hall–Kier alpha value is -1.96. The van der Waals surface area contributed by atoms with Gasteiger partial charge in [-0.25, -0.2) is 0 Å². The van der Waals surface area contributed by atoms with Gasteiger partial charge in [0.2, 0.25) is 11.8 Å². The summed E-state index contributed by atoms with van der Waals surface area (Å²) >= 11 is 0. The van der Waals surface area contributed by atoms with E-state index in [2.05, 4.69) is 0 Å². The number of nitrogens with zero attached hydrogens (tertiary/aromatic N) is 5. The number of aliphatic imine (C=N–C) groups is 2. The molecule has 1 aliphatic rings. The van der Waals surface area contributed by atoms with Crippen molar-refractivity contribution in [2.45, 2.75) is 6.29 Å². The van der Waals surface area contributed by atoms with Crippen LogP contribution in [0.15, 0.2) is 40.3 Å². The highest BCUT2D eigenvalue weighted by molar-refractivity contribution is 6.03. The van der Waals surface area contributed by atoms with Crippen molar-refractivity contribution in [2.24, 2.45) is 9.98 Å². The average molecular weight is 455 g/mol. The van der Waals surface area contributed by atoms with Crippen LogP contribution in [0.2, 0.25) is 0 Å². The number of rotatable bonds is 14. The third-order valence-corrected chi connectivity index (χ3v) is 4.82. The summed E-state index contributed by atoms with van der Waals surface area (Å²) in [7, 11) is 9.78. The standard InChI is InChI=1S/C21H36N5O6/c1-27-12-24(13-28-2)20-22-19(18-10-8-7-9-11-18)26(16-31-5,17-32-6)21(23-20)25(14-29-3)15-30-4/h7-11,21H,12-17H2,1-6H3/q+1. The van der Waals surface area contributed by atoms with E-state index < -0.39 is 6.29 Å². The topological polar surface area (TPSA) is 86.6 Å². The lowest BCUT2D eigenvalue weighted by molar-refractivity contribution is -0.916. The smallest absolute Gasteiger partial charge is 0.259 e. The average Bonchev–Trinajstić information content (AvgIpc) is 2.80. The summed E-state index contributed by atoms with van der Waals surface area (Å²) in [5.74, 6) is 1.20. The van der Waals surface area contributed by atoms with Gasteiger partial charge in [-0.05, 0) is 12.1 Å². The van der Waals surface area contributed by atoms with Crippen LogP contribution in [0.25, 0.3) is 0 Å². The van der Waals surface area contributed by atoms with E-state index in [0.717, 1.165) is 11.4 Å². The molecular weight excluding hydrogens is 418 g/mol. The number of ether oxygens (including phenoxy) is 6. The fourth-order valence-electron chi connectivity index (χ4n) is 3.72. The van der Waals surface area contributed by atoms with Gasteiger partial charge in [0.25, 0.3) is 6.29 Å². The summed E-state index contributed by atoms with van der Waals surface area (Å²) in [6.45, 7) is 1.60. The molecule has 1 atom stereocenters. The van der Waals surface area contributed by atoms with Crippen molar-refractivity contribution in [3.8, 4) is 0 Å². The van der Waals surface area contributed by atoms with Gasteiger partial charge in [-0.1, -0.05) is 18.2 Å². The molecule has 180 valence electrons. The molecule has 1 aliphatic heterocycles. The predicted molar refractivity (Wildman–Crippen MR) is 119 cm³/mol. The van der Waals surface area contributed by atoms with E-state index in [1.165, 1.54) is 0 Å². The van der Waals surface area contributed by atoms with E-state index in [1.807, 2.05) is 35.2 Å². The Balaban J connectivity index is 2.74. The van der Waals surface area contributed by atoms with Crippen LogP contribution in [0.1, 0.15) is 5.56 Å². The molecule has 0 saturated heterocycles. The molecular formula is C21H36N5O6+. The van der Waals surface area contributed by atoms with Crippen LogP contribution >= 0.6 is 0 Å². The van der Waals surface area contributed by atoms with E-state index in [4.69, 9.17) is 38.4 Å². The minimum absolute atomic E-state index is 0.154. The first-order valence-corrected chi connectivity index (χ1v) is 10.1. The number of hydrogen-bond donors (Lipinski definition) is 0. The molecule has 1 heterocycles. The maximum Gasteiger partial charge on any atom is 0.259 e. The maximum atomic E-state index is 5.69. The zero-order valence-corrected chi connectivity index (χ0v) is 19.9. The van der Waals surface area contributed by atoms with Gasteiger partial charge >= 0.3 is 0 Å². The molecule has 11 heteroatoms. The summed E-state index contributed by atoms with van der Waals surface area (Å²) in [5.41, 5.74) is 0.920. The molecule has 0 aromatic heterocycles. The molecule has 1 unspecified atom stereocenters. The maximum absolute atomic E-state index is 5.69. The van der Waals surface area contributed by atoms with E-state index in [1.54, 1.807) is 47.6 Å². The molecule has 0 radical (unpaired) electrons. The van der Waals surface area contributed by atoms with Gasteiger partial charge in [-0.2, -0.15) is 19.4 Å². The van der Waals surface area contributed by atoms with Crippen molar-refractivity contribution < 1.29 is 32.9 Å². The first-order valence-electron chi connectivity index (χ1n) is 10.1. The third kappa shape index (κ3) is 6.09. The van der Waals surface area contributed by atoms with Crippen LogP contribution in [0, 0.1) is 0 Å². The Morgan fingerprint density at radius 1 is 0.750 bits per heavy atom. The van der Waals surface area contributed by atoms with Crippen molar-refractivity contribution in [3.63, 3.8) is 0 Å². The number of quaternary nitrogens is 1. The minimum atomic E-state index is -0.520. The lowest BCUT2D eigenvalue weighted by Gasteiger charge is -2.46. The molecule has 0 N–H and O–H groups in total. The highest BCUT2D eigenvalue weighted by Crippen LogP contribution is 2.29. The van der Waals surface area contributed by atoms with Crippen molar-refractivity contribution in [3.05, 3.63) is 35.9 Å². The Kier molecular flexibility index (Phi) is 11.1. The zero-order chi connectivity index (χ0) is 23.4. The molecule has 0 saturated carbocycles. The van der Waals surface area contributed by atoms with Gasteiger partial charge in [0, 0.05) is 42.7 Å². The number of benzene rings is 1. The molecule has 0 amide bonds. The number of hydrogen-bond acceptors (Lipinski definition) is 10. The van der Waals surface area contributed by atoms with Crippen LogP contribution in [-0.4, -0.2) is 115 Å². The zero-order valence-electron chi connectivity index (χ0n) is 19.9. The van der Waals surface area contributed by atoms with Crippen molar-refractivity contribution in [1.82, 2.24) is 9.80 Å². The van der Waals surface area contributed by atoms with Crippen LogP contribution in [0.4, 0.5) is 0 Å². The normalized spacial score (nSPS) is 17.9. The fourth-order valence-corrected chi connectivity index (χ4v) is 3.72. The fraction of sp³-hybridized carbons (Fsp3) is 0.619. The second kappa shape index (κ2) is 13.6.